The van der Waals surface area contributed by atoms with Crippen LogP contribution in [0.5, 0.6) is 0 Å². The first-order chi connectivity index (χ1) is 12.3. The molecule has 0 saturated carbocycles. The number of hydrogen-bond acceptors (Lipinski definition) is 6. The average molecular weight is 355 g/mol. The van der Waals surface area contributed by atoms with E-state index in [1.165, 1.54) is 12.1 Å². The summed E-state index contributed by atoms with van der Waals surface area (Å²) in [6.07, 6.45) is 1.55. The second-order valence-corrected chi connectivity index (χ2v) is 6.34. The summed E-state index contributed by atoms with van der Waals surface area (Å²) < 4.78 is 24.1. The van der Waals surface area contributed by atoms with Crippen molar-refractivity contribution in [1.82, 2.24) is 15.5 Å². The van der Waals surface area contributed by atoms with E-state index in [0.29, 0.717) is 24.1 Å². The normalized spacial score (nSPS) is 12.4. The van der Waals surface area contributed by atoms with Gasteiger partial charge in [-0.15, -0.1) is 21.5 Å². The van der Waals surface area contributed by atoms with Crippen molar-refractivity contribution in [2.45, 2.75) is 12.6 Å². The average Bonchev–Trinajstić information content (AvgIpc) is 3.39. The largest absolute Gasteiger partial charge is 0.459 e. The van der Waals surface area contributed by atoms with Crippen molar-refractivity contribution in [2.75, 3.05) is 0 Å². The van der Waals surface area contributed by atoms with Crippen molar-refractivity contribution in [3.8, 4) is 11.7 Å². The van der Waals surface area contributed by atoms with Crippen LogP contribution in [0, 0.1) is 5.82 Å². The molecule has 0 saturated heterocycles. The summed E-state index contributed by atoms with van der Waals surface area (Å²) in [7, 11) is 0. The zero-order valence-electron chi connectivity index (χ0n) is 13.1. The molecule has 25 heavy (non-hydrogen) atoms. The second-order valence-electron chi connectivity index (χ2n) is 5.36. The Balaban J connectivity index is 1.52. The minimum absolute atomic E-state index is 0.0837. The Bertz CT molecular complexity index is 918. The molecule has 0 radical (unpaired) electrons. The topological polar surface area (TPSA) is 64.1 Å². The Hall–Kier alpha value is -2.77. The number of aromatic nitrogens is 2. The highest BCUT2D eigenvalue weighted by Crippen LogP contribution is 2.27. The maximum atomic E-state index is 13.2. The molecule has 126 valence electrons. The first-order valence-corrected chi connectivity index (χ1v) is 8.56. The molecular weight excluding hydrogens is 341 g/mol. The highest BCUT2D eigenvalue weighted by molar-refractivity contribution is 7.10. The summed E-state index contributed by atoms with van der Waals surface area (Å²) >= 11 is 1.63. The highest BCUT2D eigenvalue weighted by Gasteiger charge is 2.17. The summed E-state index contributed by atoms with van der Waals surface area (Å²) in [5.74, 6) is 1.08. The lowest BCUT2D eigenvalue weighted by Gasteiger charge is -2.17. The molecule has 7 heteroatoms. The Morgan fingerprint density at radius 2 is 1.96 bits per heavy atom. The Labute approximate surface area is 147 Å². The molecule has 0 spiro atoms. The fraction of sp³-hybridized carbons (Fsp3) is 0.111. The monoisotopic (exact) mass is 355 g/mol. The molecular formula is C18H14FN3O2S. The van der Waals surface area contributed by atoms with Gasteiger partial charge in [-0.1, -0.05) is 18.2 Å². The molecule has 3 heterocycles. The molecule has 1 N–H and O–H groups in total. The lowest BCUT2D eigenvalue weighted by Crippen LogP contribution is -2.21. The van der Waals surface area contributed by atoms with Crippen molar-refractivity contribution in [2.24, 2.45) is 0 Å². The van der Waals surface area contributed by atoms with E-state index < -0.39 is 0 Å². The lowest BCUT2D eigenvalue weighted by atomic mass is 10.1. The van der Waals surface area contributed by atoms with Crippen molar-refractivity contribution < 1.29 is 13.2 Å². The standard InChI is InChI=1S/C18H14FN3O2S/c19-13-7-5-12(6-8-13)17(15-4-2-10-25-15)20-11-16-21-22-18(24-16)14-3-1-9-23-14/h1-10,17,20H,11H2/t17-/m0/s1. The van der Waals surface area contributed by atoms with Gasteiger partial charge in [-0.3, -0.25) is 5.32 Å². The van der Waals surface area contributed by atoms with Crippen molar-refractivity contribution in [3.05, 3.63) is 82.3 Å². The SMILES string of the molecule is Fc1ccc([C@H](NCc2nnc(-c3ccco3)o2)c2cccs2)cc1. The van der Waals surface area contributed by atoms with E-state index in [2.05, 4.69) is 15.5 Å². The first kappa shape index (κ1) is 15.7. The molecule has 1 atom stereocenters. The number of nitrogens with zero attached hydrogens (tertiary/aromatic N) is 2. The fourth-order valence-corrected chi connectivity index (χ4v) is 3.33. The predicted octanol–water partition coefficient (Wildman–Crippen LogP) is 4.41. The molecule has 0 aliphatic carbocycles. The molecule has 0 unspecified atom stereocenters. The molecule has 4 aromatic rings. The minimum Gasteiger partial charge on any atom is -0.459 e. The zero-order chi connectivity index (χ0) is 17.1. The van der Waals surface area contributed by atoms with Gasteiger partial charge in [-0.2, -0.15) is 0 Å². The lowest BCUT2D eigenvalue weighted by molar-refractivity contribution is 0.450. The summed E-state index contributed by atoms with van der Waals surface area (Å²) in [5.41, 5.74) is 0.967. The predicted molar refractivity (Wildman–Crippen MR) is 91.4 cm³/mol. The van der Waals surface area contributed by atoms with Crippen LogP contribution in [0.3, 0.4) is 0 Å². The van der Waals surface area contributed by atoms with Crippen molar-refractivity contribution >= 4 is 11.3 Å². The number of hydrogen-bond donors (Lipinski definition) is 1. The molecule has 0 bridgehead atoms. The van der Waals surface area contributed by atoms with Crippen LogP contribution < -0.4 is 5.32 Å². The van der Waals surface area contributed by atoms with Gasteiger partial charge in [0.05, 0.1) is 18.8 Å². The van der Waals surface area contributed by atoms with E-state index in [-0.39, 0.29) is 11.9 Å². The summed E-state index contributed by atoms with van der Waals surface area (Å²) in [6.45, 7) is 0.383. The van der Waals surface area contributed by atoms with E-state index >= 15 is 0 Å². The Morgan fingerprint density at radius 1 is 1.08 bits per heavy atom. The van der Waals surface area contributed by atoms with E-state index in [1.54, 1.807) is 41.9 Å². The van der Waals surface area contributed by atoms with Crippen molar-refractivity contribution in [3.63, 3.8) is 0 Å². The van der Waals surface area contributed by atoms with Crippen LogP contribution in [0.4, 0.5) is 4.39 Å². The third-order valence-electron chi connectivity index (χ3n) is 3.69. The second kappa shape index (κ2) is 7.00. The van der Waals surface area contributed by atoms with Crippen LogP contribution in [-0.4, -0.2) is 10.2 Å². The summed E-state index contributed by atoms with van der Waals surface area (Å²) in [6, 6.07) is 13.9. The molecule has 0 amide bonds. The number of nitrogens with one attached hydrogen (secondary N) is 1. The van der Waals surface area contributed by atoms with Crippen LogP contribution in [0.15, 0.2) is 69.0 Å². The quantitative estimate of drug-likeness (QED) is 0.555. The molecule has 0 aliphatic rings. The first-order valence-electron chi connectivity index (χ1n) is 7.68. The van der Waals surface area contributed by atoms with Gasteiger partial charge in [0.25, 0.3) is 5.89 Å². The van der Waals surface area contributed by atoms with Crippen LogP contribution in [0.25, 0.3) is 11.7 Å². The summed E-state index contributed by atoms with van der Waals surface area (Å²) in [4.78, 5) is 1.12. The van der Waals surface area contributed by atoms with Crippen molar-refractivity contribution in [1.29, 1.82) is 0 Å². The molecule has 5 nitrogen and oxygen atoms in total. The molecule has 4 rings (SSSR count). The smallest absolute Gasteiger partial charge is 0.283 e. The number of rotatable bonds is 6. The number of halogens is 1. The molecule has 3 aromatic heterocycles. The number of benzene rings is 1. The van der Waals surface area contributed by atoms with Gasteiger partial charge in [-0.05, 0) is 41.3 Å². The van der Waals surface area contributed by atoms with Crippen LogP contribution in [0.2, 0.25) is 0 Å². The van der Waals surface area contributed by atoms with Gasteiger partial charge >= 0.3 is 0 Å². The summed E-state index contributed by atoms with van der Waals surface area (Å²) in [5, 5.41) is 13.4. The van der Waals surface area contributed by atoms with Gasteiger partial charge in [-0.25, -0.2) is 4.39 Å². The third-order valence-corrected chi connectivity index (χ3v) is 4.62. The molecule has 1 aromatic carbocycles. The van der Waals surface area contributed by atoms with Gasteiger partial charge < -0.3 is 8.83 Å². The van der Waals surface area contributed by atoms with Gasteiger partial charge in [0, 0.05) is 4.88 Å². The minimum atomic E-state index is -0.256. The third kappa shape index (κ3) is 3.52. The molecule has 0 aliphatic heterocycles. The van der Waals surface area contributed by atoms with Crippen LogP contribution in [0.1, 0.15) is 22.4 Å². The van der Waals surface area contributed by atoms with Gasteiger partial charge in [0.15, 0.2) is 5.76 Å². The van der Waals surface area contributed by atoms with Gasteiger partial charge in [0.2, 0.25) is 5.89 Å². The Kier molecular flexibility index (Phi) is 4.41. The van der Waals surface area contributed by atoms with E-state index in [0.717, 1.165) is 10.4 Å². The van der Waals surface area contributed by atoms with Crippen LogP contribution in [-0.2, 0) is 6.54 Å². The number of furan rings is 1. The highest BCUT2D eigenvalue weighted by atomic mass is 32.1. The maximum absolute atomic E-state index is 13.2. The molecule has 0 fully saturated rings. The number of thiophene rings is 1. The zero-order valence-corrected chi connectivity index (χ0v) is 13.9. The van der Waals surface area contributed by atoms with E-state index in [1.807, 2.05) is 17.5 Å². The fourth-order valence-electron chi connectivity index (χ4n) is 2.51. The Morgan fingerprint density at radius 3 is 2.68 bits per heavy atom. The van der Waals surface area contributed by atoms with Gasteiger partial charge in [0.1, 0.15) is 5.82 Å². The van der Waals surface area contributed by atoms with Crippen LogP contribution >= 0.6 is 11.3 Å². The van der Waals surface area contributed by atoms with E-state index in [9.17, 15) is 4.39 Å². The maximum Gasteiger partial charge on any atom is 0.283 e. The van der Waals surface area contributed by atoms with E-state index in [4.69, 9.17) is 8.83 Å².